The minimum atomic E-state index is -0.164. The van der Waals surface area contributed by atoms with Gasteiger partial charge in [0.1, 0.15) is 6.10 Å². The highest BCUT2D eigenvalue weighted by Crippen LogP contribution is 2.40. The van der Waals surface area contributed by atoms with Gasteiger partial charge in [0.2, 0.25) is 0 Å². The lowest BCUT2D eigenvalue weighted by atomic mass is 9.70. The third-order valence-corrected chi connectivity index (χ3v) is 3.94. The predicted octanol–water partition coefficient (Wildman–Crippen LogP) is 3.90. The Hall–Kier alpha value is -0.570. The average molecular weight is 271 g/mol. The molecular weight excluding hydrogens is 238 g/mol. The first kappa shape index (κ1) is 18.4. The van der Waals surface area contributed by atoms with E-state index in [4.69, 9.17) is 10.5 Å². The molecule has 0 aromatic rings. The Balaban J connectivity index is 4.78. The number of hydrogen-bond acceptors (Lipinski definition) is 3. The van der Waals surface area contributed by atoms with E-state index in [-0.39, 0.29) is 22.9 Å². The molecule has 0 spiro atoms. The molecule has 0 rings (SSSR count). The molecule has 0 aliphatic heterocycles. The lowest BCUT2D eigenvalue weighted by Gasteiger charge is -2.39. The molecule has 0 heterocycles. The molecule has 2 N–H and O–H groups in total. The van der Waals surface area contributed by atoms with Crippen LogP contribution in [0.3, 0.4) is 0 Å². The first-order valence-electron chi connectivity index (χ1n) is 7.58. The number of carbonyl (C=O) groups excluding carboxylic acids is 1. The first-order chi connectivity index (χ1) is 8.68. The highest BCUT2D eigenvalue weighted by molar-refractivity contribution is 5.69. The summed E-state index contributed by atoms with van der Waals surface area (Å²) in [5.41, 5.74) is 5.68. The van der Waals surface area contributed by atoms with Gasteiger partial charge in [-0.25, -0.2) is 0 Å². The summed E-state index contributed by atoms with van der Waals surface area (Å²) < 4.78 is 5.67. The van der Waals surface area contributed by atoms with E-state index in [1.54, 1.807) is 0 Å². The maximum Gasteiger partial charge on any atom is 0.307 e. The zero-order chi connectivity index (χ0) is 15.1. The zero-order valence-corrected chi connectivity index (χ0v) is 13.7. The topological polar surface area (TPSA) is 52.3 Å². The highest BCUT2D eigenvalue weighted by Gasteiger charge is 2.36. The van der Waals surface area contributed by atoms with Crippen LogP contribution in [-0.2, 0) is 9.53 Å². The summed E-state index contributed by atoms with van der Waals surface area (Å²) in [6, 6.07) is 0. The fourth-order valence-corrected chi connectivity index (χ4v) is 2.68. The summed E-state index contributed by atoms with van der Waals surface area (Å²) >= 11 is 0. The Labute approximate surface area is 119 Å². The lowest BCUT2D eigenvalue weighted by molar-refractivity contribution is -0.157. The summed E-state index contributed by atoms with van der Waals surface area (Å²) in [6.07, 6.45) is 4.43. The van der Waals surface area contributed by atoms with Crippen molar-refractivity contribution in [3.8, 4) is 0 Å². The molecule has 0 aromatic heterocycles. The smallest absolute Gasteiger partial charge is 0.307 e. The second-order valence-corrected chi connectivity index (χ2v) is 6.99. The molecular formula is C16H33NO2. The van der Waals surface area contributed by atoms with Crippen LogP contribution in [0.2, 0.25) is 0 Å². The van der Waals surface area contributed by atoms with Crippen molar-refractivity contribution in [3.05, 3.63) is 0 Å². The molecule has 1 atom stereocenters. The highest BCUT2D eigenvalue weighted by atomic mass is 16.5. The maximum absolute atomic E-state index is 11.7. The second kappa shape index (κ2) is 7.88. The number of rotatable bonds is 9. The van der Waals surface area contributed by atoms with Gasteiger partial charge in [-0.1, -0.05) is 54.4 Å². The maximum atomic E-state index is 11.7. The molecule has 0 fully saturated rings. The summed E-state index contributed by atoms with van der Waals surface area (Å²) in [7, 11) is 0. The van der Waals surface area contributed by atoms with Gasteiger partial charge >= 0.3 is 5.97 Å². The van der Waals surface area contributed by atoms with E-state index >= 15 is 0 Å². The number of hydrogen-bond donors (Lipinski definition) is 1. The van der Waals surface area contributed by atoms with E-state index in [1.807, 2.05) is 0 Å². The van der Waals surface area contributed by atoms with E-state index in [2.05, 4.69) is 41.5 Å². The number of ether oxygens (including phenoxy) is 1. The van der Waals surface area contributed by atoms with Crippen LogP contribution in [0.4, 0.5) is 0 Å². The Morgan fingerprint density at radius 3 is 2.21 bits per heavy atom. The van der Waals surface area contributed by atoms with Crippen LogP contribution < -0.4 is 5.73 Å². The van der Waals surface area contributed by atoms with Gasteiger partial charge in [-0.3, -0.25) is 4.79 Å². The third-order valence-electron chi connectivity index (χ3n) is 3.94. The van der Waals surface area contributed by atoms with Gasteiger partial charge in [-0.05, 0) is 18.3 Å². The molecule has 1 unspecified atom stereocenters. The van der Waals surface area contributed by atoms with Gasteiger partial charge in [0.05, 0.1) is 6.42 Å². The van der Waals surface area contributed by atoms with Crippen molar-refractivity contribution in [2.24, 2.45) is 16.6 Å². The lowest BCUT2D eigenvalue weighted by Crippen LogP contribution is -2.37. The molecule has 0 aliphatic carbocycles. The normalized spacial score (nSPS) is 14.3. The van der Waals surface area contributed by atoms with E-state index in [0.29, 0.717) is 13.0 Å². The molecule has 114 valence electrons. The van der Waals surface area contributed by atoms with E-state index in [0.717, 1.165) is 25.7 Å². The molecule has 0 aliphatic rings. The monoisotopic (exact) mass is 271 g/mol. The molecule has 0 bridgehead atoms. The van der Waals surface area contributed by atoms with Crippen LogP contribution in [0, 0.1) is 10.8 Å². The Bertz CT molecular complexity index is 272. The van der Waals surface area contributed by atoms with Gasteiger partial charge in [-0.15, -0.1) is 0 Å². The SMILES string of the molecule is CCCC(OC(=O)CCN)C(C)(C)CC(C)(C)CC. The van der Waals surface area contributed by atoms with Crippen LogP contribution in [-0.4, -0.2) is 18.6 Å². The average Bonchev–Trinajstić information content (AvgIpc) is 2.27. The van der Waals surface area contributed by atoms with Crippen LogP contribution in [0.1, 0.15) is 73.6 Å². The first-order valence-corrected chi connectivity index (χ1v) is 7.58. The Morgan fingerprint density at radius 2 is 1.79 bits per heavy atom. The van der Waals surface area contributed by atoms with Crippen molar-refractivity contribution in [2.45, 2.75) is 79.8 Å². The van der Waals surface area contributed by atoms with Gasteiger partial charge in [-0.2, -0.15) is 0 Å². The van der Waals surface area contributed by atoms with Crippen molar-refractivity contribution >= 4 is 5.97 Å². The molecule has 0 amide bonds. The quantitative estimate of drug-likeness (QED) is 0.647. The molecule has 3 heteroatoms. The fourth-order valence-electron chi connectivity index (χ4n) is 2.68. The molecule has 0 saturated carbocycles. The van der Waals surface area contributed by atoms with Crippen molar-refractivity contribution in [3.63, 3.8) is 0 Å². The fraction of sp³-hybridized carbons (Fsp3) is 0.938. The zero-order valence-electron chi connectivity index (χ0n) is 13.7. The standard InChI is InChI=1S/C16H33NO2/c1-7-9-13(19-14(18)10-11-17)16(5,6)12-15(3,4)8-2/h13H,7-12,17H2,1-6H3. The van der Waals surface area contributed by atoms with Gasteiger partial charge in [0.15, 0.2) is 0 Å². The minimum Gasteiger partial charge on any atom is -0.462 e. The van der Waals surface area contributed by atoms with Crippen molar-refractivity contribution in [1.82, 2.24) is 0 Å². The van der Waals surface area contributed by atoms with Crippen molar-refractivity contribution in [1.29, 1.82) is 0 Å². The largest absolute Gasteiger partial charge is 0.462 e. The van der Waals surface area contributed by atoms with E-state index in [1.165, 1.54) is 0 Å². The van der Waals surface area contributed by atoms with Crippen molar-refractivity contribution in [2.75, 3.05) is 6.54 Å². The van der Waals surface area contributed by atoms with Crippen LogP contribution in [0.25, 0.3) is 0 Å². The Morgan fingerprint density at radius 1 is 1.21 bits per heavy atom. The van der Waals surface area contributed by atoms with Gasteiger partial charge < -0.3 is 10.5 Å². The number of nitrogens with two attached hydrogens (primary N) is 1. The third kappa shape index (κ3) is 6.95. The second-order valence-electron chi connectivity index (χ2n) is 6.99. The van der Waals surface area contributed by atoms with Crippen molar-refractivity contribution < 1.29 is 9.53 Å². The summed E-state index contributed by atoms with van der Waals surface area (Å²) in [4.78, 5) is 11.7. The number of carbonyl (C=O) groups is 1. The minimum absolute atomic E-state index is 0.000220. The molecule has 0 aromatic carbocycles. The van der Waals surface area contributed by atoms with Crippen LogP contribution in [0.5, 0.6) is 0 Å². The van der Waals surface area contributed by atoms with Gasteiger partial charge in [0, 0.05) is 12.0 Å². The molecule has 19 heavy (non-hydrogen) atoms. The Kier molecular flexibility index (Phi) is 7.65. The summed E-state index contributed by atoms with van der Waals surface area (Å²) in [5.74, 6) is -0.164. The molecule has 3 nitrogen and oxygen atoms in total. The summed E-state index contributed by atoms with van der Waals surface area (Å²) in [5, 5.41) is 0. The summed E-state index contributed by atoms with van der Waals surface area (Å²) in [6.45, 7) is 13.7. The van der Waals surface area contributed by atoms with Crippen LogP contribution >= 0.6 is 0 Å². The molecule has 0 saturated heterocycles. The van der Waals surface area contributed by atoms with Gasteiger partial charge in [0.25, 0.3) is 0 Å². The van der Waals surface area contributed by atoms with E-state index in [9.17, 15) is 4.79 Å². The molecule has 0 radical (unpaired) electrons. The predicted molar refractivity (Wildman–Crippen MR) is 80.9 cm³/mol. The van der Waals surface area contributed by atoms with E-state index < -0.39 is 0 Å². The number of esters is 1. The van der Waals surface area contributed by atoms with Crippen LogP contribution in [0.15, 0.2) is 0 Å².